The van der Waals surface area contributed by atoms with Crippen LogP contribution in [0.1, 0.15) is 174 Å². The van der Waals surface area contributed by atoms with E-state index in [-0.39, 0.29) is 19.1 Å². The van der Waals surface area contributed by atoms with Crippen molar-refractivity contribution in [2.24, 2.45) is 0 Å². The van der Waals surface area contributed by atoms with Crippen molar-refractivity contribution in [3.63, 3.8) is 0 Å². The summed E-state index contributed by atoms with van der Waals surface area (Å²) < 4.78 is 23.5. The standard InChI is InChI=1S/C54H93N2O6P/c1-6-8-10-12-14-16-18-20-21-22-23-24-25-26-27-28-29-30-31-32-33-34-35-36-38-40-42-44-46-48-54(58)55-52(51-62-63(59,60)61-50-49-56(3,4)5)53(57)47-45-43-41-39-37-19-17-15-13-11-9-7-2/h8,10,14,16,20-21,23-24,26-27,29-30,32-33,37,39,45,47,52-53,57H,6-7,9,11-13,15,17-19,22,25,28,31,34-36,38,40-44,46,48-51H2,1-5H3,(H-,55,58,59,60)/p+1/b10-8-,16-14-,21-20-,24-23-,27-26-,30-29-,33-32-,39-37+,47-45+. The van der Waals surface area contributed by atoms with E-state index in [2.05, 4.69) is 116 Å². The first-order valence-corrected chi connectivity index (χ1v) is 26.3. The molecule has 63 heavy (non-hydrogen) atoms. The average molecular weight is 898 g/mol. The van der Waals surface area contributed by atoms with Crippen molar-refractivity contribution >= 4 is 13.7 Å². The number of nitrogens with one attached hydrogen (secondary N) is 1. The SMILES string of the molecule is CC/C=C\C/C=C\C/C=C\C/C=C\C/C=C\C/C=C\C/C=C\CCCCCCCCCC(=O)NC(COP(=O)(O)OCC[N+](C)(C)C)C(O)/C=C/CC/C=C/CCCCCCCC. The molecule has 8 nitrogen and oxygen atoms in total. The third-order valence-corrected chi connectivity index (χ3v) is 11.2. The summed E-state index contributed by atoms with van der Waals surface area (Å²) in [5, 5.41) is 13.8. The lowest BCUT2D eigenvalue weighted by Crippen LogP contribution is -2.45. The Bertz CT molecular complexity index is 1390. The largest absolute Gasteiger partial charge is 0.472 e. The van der Waals surface area contributed by atoms with Crippen molar-refractivity contribution in [2.75, 3.05) is 40.9 Å². The predicted octanol–water partition coefficient (Wildman–Crippen LogP) is 14.5. The Morgan fingerprint density at radius 3 is 1.46 bits per heavy atom. The minimum atomic E-state index is -4.36. The van der Waals surface area contributed by atoms with Crippen LogP contribution in [0.15, 0.2) is 109 Å². The summed E-state index contributed by atoms with van der Waals surface area (Å²) in [5.74, 6) is -0.205. The molecule has 0 fully saturated rings. The monoisotopic (exact) mass is 898 g/mol. The van der Waals surface area contributed by atoms with Gasteiger partial charge in [-0.25, -0.2) is 4.57 Å². The molecule has 3 atom stereocenters. The van der Waals surface area contributed by atoms with Gasteiger partial charge >= 0.3 is 7.82 Å². The van der Waals surface area contributed by atoms with Gasteiger partial charge in [-0.15, -0.1) is 0 Å². The molecule has 3 unspecified atom stereocenters. The first kappa shape index (κ1) is 60.2. The zero-order valence-electron chi connectivity index (χ0n) is 40.8. The molecule has 0 heterocycles. The Kier molecular flexibility index (Phi) is 42.4. The fourth-order valence-electron chi connectivity index (χ4n) is 6.33. The minimum absolute atomic E-state index is 0.0475. The normalized spacial score (nSPS) is 15.1. The van der Waals surface area contributed by atoms with Crippen LogP contribution < -0.4 is 5.32 Å². The molecule has 9 heteroatoms. The second-order valence-corrected chi connectivity index (χ2v) is 18.9. The van der Waals surface area contributed by atoms with E-state index in [1.54, 1.807) is 6.08 Å². The summed E-state index contributed by atoms with van der Waals surface area (Å²) in [5.41, 5.74) is 0. The Hall–Kier alpha value is -2.84. The van der Waals surface area contributed by atoms with Gasteiger partial charge in [-0.1, -0.05) is 187 Å². The van der Waals surface area contributed by atoms with Crippen molar-refractivity contribution in [2.45, 2.75) is 187 Å². The highest BCUT2D eigenvalue weighted by molar-refractivity contribution is 7.47. The van der Waals surface area contributed by atoms with Gasteiger partial charge in [0.2, 0.25) is 5.91 Å². The van der Waals surface area contributed by atoms with Gasteiger partial charge in [0.05, 0.1) is 39.9 Å². The number of carbonyl (C=O) groups excluding carboxylic acids is 1. The average Bonchev–Trinajstić information content (AvgIpc) is 3.24. The lowest BCUT2D eigenvalue weighted by molar-refractivity contribution is -0.870. The number of likely N-dealkylation sites (N-methyl/N-ethyl adjacent to an activating group) is 1. The van der Waals surface area contributed by atoms with Crippen LogP contribution in [0.5, 0.6) is 0 Å². The van der Waals surface area contributed by atoms with Crippen molar-refractivity contribution in [1.82, 2.24) is 5.32 Å². The summed E-state index contributed by atoms with van der Waals surface area (Å²) >= 11 is 0. The number of unbranched alkanes of at least 4 members (excludes halogenated alkanes) is 14. The first-order chi connectivity index (χ1) is 30.5. The molecular formula is C54H94N2O6P+. The van der Waals surface area contributed by atoms with Crippen molar-refractivity contribution < 1.29 is 32.9 Å². The maximum absolute atomic E-state index is 12.9. The van der Waals surface area contributed by atoms with Gasteiger partial charge in [0.25, 0.3) is 0 Å². The van der Waals surface area contributed by atoms with Gasteiger partial charge in [0.15, 0.2) is 0 Å². The van der Waals surface area contributed by atoms with Crippen LogP contribution in [0.4, 0.5) is 0 Å². The minimum Gasteiger partial charge on any atom is -0.387 e. The third kappa shape index (κ3) is 47.0. The van der Waals surface area contributed by atoms with E-state index in [1.165, 1.54) is 57.8 Å². The fourth-order valence-corrected chi connectivity index (χ4v) is 7.06. The number of carbonyl (C=O) groups is 1. The molecule has 0 spiro atoms. The van der Waals surface area contributed by atoms with Crippen molar-refractivity contribution in [3.8, 4) is 0 Å². The lowest BCUT2D eigenvalue weighted by Gasteiger charge is -2.25. The Balaban J connectivity index is 4.30. The highest BCUT2D eigenvalue weighted by atomic mass is 31.2. The van der Waals surface area contributed by atoms with Gasteiger partial charge in [-0.3, -0.25) is 13.8 Å². The number of aliphatic hydroxyl groups excluding tert-OH is 1. The van der Waals surface area contributed by atoms with Gasteiger partial charge in [0.1, 0.15) is 13.2 Å². The lowest BCUT2D eigenvalue weighted by atomic mass is 10.1. The maximum atomic E-state index is 12.9. The quantitative estimate of drug-likeness (QED) is 0.0244. The van der Waals surface area contributed by atoms with Crippen LogP contribution in [0.25, 0.3) is 0 Å². The molecule has 0 aliphatic carbocycles. The second-order valence-electron chi connectivity index (χ2n) is 17.4. The molecule has 0 aromatic heterocycles. The molecule has 0 saturated heterocycles. The number of nitrogens with zero attached hydrogens (tertiary/aromatic N) is 1. The van der Waals surface area contributed by atoms with E-state index in [1.807, 2.05) is 27.2 Å². The van der Waals surface area contributed by atoms with E-state index in [0.29, 0.717) is 17.4 Å². The van der Waals surface area contributed by atoms with Gasteiger partial charge < -0.3 is 19.8 Å². The molecule has 0 aliphatic rings. The highest BCUT2D eigenvalue weighted by Crippen LogP contribution is 2.43. The number of rotatable bonds is 43. The number of phosphoric acid groups is 1. The smallest absolute Gasteiger partial charge is 0.387 e. The van der Waals surface area contributed by atoms with E-state index >= 15 is 0 Å². The van der Waals surface area contributed by atoms with Crippen molar-refractivity contribution in [1.29, 1.82) is 0 Å². The summed E-state index contributed by atoms with van der Waals surface area (Å²) in [7, 11) is 1.53. The summed E-state index contributed by atoms with van der Waals surface area (Å²) in [6.45, 7) is 4.62. The molecule has 0 bridgehead atoms. The van der Waals surface area contributed by atoms with Crippen LogP contribution in [-0.2, 0) is 18.4 Å². The molecule has 0 rings (SSSR count). The van der Waals surface area contributed by atoms with Crippen LogP contribution >= 0.6 is 7.82 Å². The zero-order valence-corrected chi connectivity index (χ0v) is 41.7. The number of hydrogen-bond acceptors (Lipinski definition) is 5. The van der Waals surface area contributed by atoms with Crippen LogP contribution in [0.2, 0.25) is 0 Å². The zero-order chi connectivity index (χ0) is 46.4. The van der Waals surface area contributed by atoms with Gasteiger partial charge in [-0.05, 0) is 89.9 Å². The molecule has 0 saturated carbocycles. The highest BCUT2D eigenvalue weighted by Gasteiger charge is 2.27. The van der Waals surface area contributed by atoms with E-state index in [9.17, 15) is 19.4 Å². The molecule has 0 aromatic carbocycles. The van der Waals surface area contributed by atoms with E-state index in [0.717, 1.165) is 96.3 Å². The van der Waals surface area contributed by atoms with Gasteiger partial charge in [-0.2, -0.15) is 0 Å². The number of amides is 1. The molecule has 1 amide bonds. The van der Waals surface area contributed by atoms with Crippen molar-refractivity contribution in [3.05, 3.63) is 109 Å². The molecule has 0 aromatic rings. The van der Waals surface area contributed by atoms with Gasteiger partial charge in [0, 0.05) is 6.42 Å². The molecule has 360 valence electrons. The fraction of sp³-hybridized carbons (Fsp3) is 0.648. The number of aliphatic hydroxyl groups is 1. The summed E-state index contributed by atoms with van der Waals surface area (Å²) in [6, 6.07) is -0.876. The Morgan fingerprint density at radius 2 is 0.968 bits per heavy atom. The molecular weight excluding hydrogens is 804 g/mol. The molecule has 0 aliphatic heterocycles. The van der Waals surface area contributed by atoms with Crippen LogP contribution in [0, 0.1) is 0 Å². The number of quaternary nitrogens is 1. The Labute approximate surface area is 387 Å². The summed E-state index contributed by atoms with van der Waals surface area (Å²) in [4.78, 5) is 23.2. The van der Waals surface area contributed by atoms with Crippen LogP contribution in [-0.4, -0.2) is 73.4 Å². The maximum Gasteiger partial charge on any atom is 0.472 e. The number of hydrogen-bond donors (Lipinski definition) is 3. The molecule has 3 N–H and O–H groups in total. The topological polar surface area (TPSA) is 105 Å². The Morgan fingerprint density at radius 1 is 0.556 bits per heavy atom. The number of allylic oxidation sites excluding steroid dienone is 17. The predicted molar refractivity (Wildman–Crippen MR) is 272 cm³/mol. The second kappa shape index (κ2) is 44.4. The van der Waals surface area contributed by atoms with E-state index in [4.69, 9.17) is 9.05 Å². The molecule has 0 radical (unpaired) electrons. The first-order valence-electron chi connectivity index (χ1n) is 24.8. The number of phosphoric ester groups is 1. The van der Waals surface area contributed by atoms with E-state index < -0.39 is 20.0 Å². The van der Waals surface area contributed by atoms with Crippen LogP contribution in [0.3, 0.4) is 0 Å². The summed E-state index contributed by atoms with van der Waals surface area (Å²) in [6.07, 6.45) is 64.6. The third-order valence-electron chi connectivity index (χ3n) is 10.2.